The first-order chi connectivity index (χ1) is 27.5. The van der Waals surface area contributed by atoms with E-state index in [1.54, 1.807) is 6.08 Å². The van der Waals surface area contributed by atoms with Crippen molar-refractivity contribution in [3.8, 4) is 0 Å². The van der Waals surface area contributed by atoms with Gasteiger partial charge in [-0.3, -0.25) is 9.59 Å². The molecule has 0 aromatic rings. The molecule has 1 amide bonds. The number of ether oxygens (including phenoxy) is 1. The van der Waals surface area contributed by atoms with E-state index in [4.69, 9.17) is 4.74 Å². The molecule has 3 unspecified atom stereocenters. The SMILES string of the molecule is CC/C=C/C/C=C/C/C=C/C/C=C/C/C=C/C(CC(=O)NC(CO)C(O)CCCCCCCCCCCC)OC(=O)CC/C=C/C/C=C\CCCCCCCC. The Morgan fingerprint density at radius 3 is 1.52 bits per heavy atom. The quantitative estimate of drug-likeness (QED) is 0.0328. The number of hydrogen-bond donors (Lipinski definition) is 3. The number of allylic oxidation sites excluding steroid dienone is 13. The highest BCUT2D eigenvalue weighted by molar-refractivity contribution is 5.78. The van der Waals surface area contributed by atoms with Crippen molar-refractivity contribution in [3.63, 3.8) is 0 Å². The van der Waals surface area contributed by atoms with Crippen LogP contribution in [0.1, 0.15) is 194 Å². The Balaban J connectivity index is 4.88. The molecule has 0 bridgehead atoms. The summed E-state index contributed by atoms with van der Waals surface area (Å²) in [4.78, 5) is 25.9. The minimum absolute atomic E-state index is 0.0723. The van der Waals surface area contributed by atoms with Crippen molar-refractivity contribution >= 4 is 11.9 Å². The molecule has 0 rings (SSSR count). The number of esters is 1. The van der Waals surface area contributed by atoms with E-state index in [2.05, 4.69) is 92.9 Å². The second kappa shape index (κ2) is 43.2. The highest BCUT2D eigenvalue weighted by Gasteiger charge is 2.23. The van der Waals surface area contributed by atoms with Gasteiger partial charge in [-0.05, 0) is 70.3 Å². The number of carbonyl (C=O) groups excluding carboxylic acids is 2. The minimum atomic E-state index is -0.829. The highest BCUT2D eigenvalue weighted by atomic mass is 16.5. The summed E-state index contributed by atoms with van der Waals surface area (Å²) in [5, 5.41) is 23.5. The van der Waals surface area contributed by atoms with Gasteiger partial charge in [0.1, 0.15) is 6.10 Å². The third-order valence-corrected chi connectivity index (χ3v) is 9.72. The lowest BCUT2D eigenvalue weighted by atomic mass is 10.0. The lowest BCUT2D eigenvalue weighted by Gasteiger charge is -2.23. The summed E-state index contributed by atoms with van der Waals surface area (Å²) in [6.07, 6.45) is 55.4. The molecule has 0 saturated carbocycles. The molecule has 0 aromatic heterocycles. The number of amides is 1. The van der Waals surface area contributed by atoms with Crippen molar-refractivity contribution in [1.29, 1.82) is 0 Å². The van der Waals surface area contributed by atoms with Crippen molar-refractivity contribution in [1.82, 2.24) is 5.32 Å². The summed E-state index contributed by atoms with van der Waals surface area (Å²) in [5.41, 5.74) is 0. The van der Waals surface area contributed by atoms with Gasteiger partial charge in [0.05, 0.1) is 25.2 Å². The van der Waals surface area contributed by atoms with Gasteiger partial charge in [-0.1, -0.05) is 196 Å². The number of aliphatic hydroxyl groups excluding tert-OH is 2. The Labute approximate surface area is 344 Å². The van der Waals surface area contributed by atoms with E-state index in [1.165, 1.54) is 83.5 Å². The van der Waals surface area contributed by atoms with Crippen molar-refractivity contribution in [2.75, 3.05) is 6.61 Å². The smallest absolute Gasteiger partial charge is 0.306 e. The minimum Gasteiger partial charge on any atom is -0.458 e. The summed E-state index contributed by atoms with van der Waals surface area (Å²) in [6, 6.07) is -0.754. The maximum Gasteiger partial charge on any atom is 0.306 e. The second-order valence-corrected chi connectivity index (χ2v) is 15.1. The molecule has 0 fully saturated rings. The number of carbonyl (C=O) groups is 2. The highest BCUT2D eigenvalue weighted by Crippen LogP contribution is 2.14. The topological polar surface area (TPSA) is 95.9 Å². The monoisotopic (exact) mass is 780 g/mol. The molecule has 56 heavy (non-hydrogen) atoms. The maximum absolute atomic E-state index is 13.1. The van der Waals surface area contributed by atoms with E-state index in [1.807, 2.05) is 12.2 Å². The normalized spacial score (nSPS) is 14.2. The molecule has 0 spiro atoms. The van der Waals surface area contributed by atoms with E-state index >= 15 is 0 Å². The van der Waals surface area contributed by atoms with Crippen molar-refractivity contribution in [2.24, 2.45) is 0 Å². The fraction of sp³-hybridized carbons (Fsp3) is 0.680. The molecule has 0 aliphatic heterocycles. The van der Waals surface area contributed by atoms with Crippen LogP contribution in [0.3, 0.4) is 0 Å². The van der Waals surface area contributed by atoms with E-state index in [0.29, 0.717) is 19.3 Å². The lowest BCUT2D eigenvalue weighted by Crippen LogP contribution is -2.46. The third kappa shape index (κ3) is 37.9. The van der Waals surface area contributed by atoms with Crippen LogP contribution in [0.2, 0.25) is 0 Å². The van der Waals surface area contributed by atoms with Gasteiger partial charge in [-0.2, -0.15) is 0 Å². The molecular weight excluding hydrogens is 695 g/mol. The van der Waals surface area contributed by atoms with Gasteiger partial charge in [0, 0.05) is 6.42 Å². The van der Waals surface area contributed by atoms with Gasteiger partial charge in [0.15, 0.2) is 0 Å². The maximum atomic E-state index is 13.1. The summed E-state index contributed by atoms with van der Waals surface area (Å²) in [7, 11) is 0. The van der Waals surface area contributed by atoms with Crippen LogP contribution in [-0.4, -0.2) is 46.9 Å². The standard InChI is InChI=1S/C50H85NO5/c1-4-7-10-13-16-19-22-24-26-27-29-32-35-38-41-46(56-50(55)43-40-37-34-31-28-25-23-20-17-14-11-8-5-2)44-49(54)51-47(45-52)48(53)42-39-36-33-30-21-18-15-12-9-6-3/h7,10,16,19,24-26,28-29,32,34,37-38,41,46-48,52-53H,4-6,8-9,11-15,17-18,20-23,27,30-31,33,35-36,39-40,42-45H2,1-3H3,(H,51,54)/b10-7+,19-16+,26-24+,28-25-,32-29+,37-34+,41-38+. The molecule has 6 nitrogen and oxygen atoms in total. The summed E-state index contributed by atoms with van der Waals surface area (Å²) in [6.45, 7) is 6.27. The van der Waals surface area contributed by atoms with Crippen LogP contribution >= 0.6 is 0 Å². The molecule has 3 atom stereocenters. The van der Waals surface area contributed by atoms with E-state index < -0.39 is 18.2 Å². The molecule has 0 saturated heterocycles. The fourth-order valence-corrected chi connectivity index (χ4v) is 6.27. The Bertz CT molecular complexity index is 1100. The second-order valence-electron chi connectivity index (χ2n) is 15.1. The first-order valence-corrected chi connectivity index (χ1v) is 22.8. The van der Waals surface area contributed by atoms with E-state index in [9.17, 15) is 19.8 Å². The molecule has 0 aromatic carbocycles. The molecular formula is C50H85NO5. The molecule has 0 aliphatic carbocycles. The van der Waals surface area contributed by atoms with Crippen LogP contribution in [0, 0.1) is 0 Å². The predicted octanol–water partition coefficient (Wildman–Crippen LogP) is 13.2. The molecule has 0 heterocycles. The van der Waals surface area contributed by atoms with Crippen molar-refractivity contribution < 1.29 is 24.5 Å². The number of rotatable bonds is 39. The summed E-state index contributed by atoms with van der Waals surface area (Å²) >= 11 is 0. The van der Waals surface area contributed by atoms with Crippen LogP contribution < -0.4 is 5.32 Å². The number of aliphatic hydroxyl groups is 2. The van der Waals surface area contributed by atoms with Gasteiger partial charge in [0.25, 0.3) is 0 Å². The average Bonchev–Trinajstić information content (AvgIpc) is 3.19. The van der Waals surface area contributed by atoms with Crippen LogP contribution in [0.5, 0.6) is 0 Å². The zero-order valence-corrected chi connectivity index (χ0v) is 36.2. The van der Waals surface area contributed by atoms with Crippen molar-refractivity contribution in [2.45, 2.75) is 212 Å². The zero-order chi connectivity index (χ0) is 41.0. The van der Waals surface area contributed by atoms with Crippen LogP contribution in [0.15, 0.2) is 85.1 Å². The molecule has 320 valence electrons. The Morgan fingerprint density at radius 1 is 0.554 bits per heavy atom. The molecule has 0 radical (unpaired) electrons. The average molecular weight is 780 g/mol. The summed E-state index contributed by atoms with van der Waals surface area (Å²) in [5.74, 6) is -0.719. The largest absolute Gasteiger partial charge is 0.458 e. The van der Waals surface area contributed by atoms with E-state index in [-0.39, 0.29) is 31.3 Å². The number of hydrogen-bond acceptors (Lipinski definition) is 5. The van der Waals surface area contributed by atoms with Crippen LogP contribution in [0.25, 0.3) is 0 Å². The first kappa shape index (κ1) is 53.0. The summed E-state index contributed by atoms with van der Waals surface area (Å²) < 4.78 is 5.75. The van der Waals surface area contributed by atoms with Crippen LogP contribution in [-0.2, 0) is 14.3 Å². The molecule has 6 heteroatoms. The predicted molar refractivity (Wildman–Crippen MR) is 241 cm³/mol. The fourth-order valence-electron chi connectivity index (χ4n) is 6.27. The third-order valence-electron chi connectivity index (χ3n) is 9.72. The molecule has 0 aliphatic rings. The van der Waals surface area contributed by atoms with Gasteiger partial charge in [-0.15, -0.1) is 0 Å². The Kier molecular flexibility index (Phi) is 40.9. The van der Waals surface area contributed by atoms with Gasteiger partial charge >= 0.3 is 5.97 Å². The van der Waals surface area contributed by atoms with Crippen LogP contribution in [0.4, 0.5) is 0 Å². The lowest BCUT2D eigenvalue weighted by molar-refractivity contribution is -0.148. The van der Waals surface area contributed by atoms with Gasteiger partial charge in [-0.25, -0.2) is 0 Å². The number of nitrogens with one attached hydrogen (secondary N) is 1. The van der Waals surface area contributed by atoms with Gasteiger partial charge in [0.2, 0.25) is 5.91 Å². The molecule has 3 N–H and O–H groups in total. The van der Waals surface area contributed by atoms with Crippen molar-refractivity contribution in [3.05, 3.63) is 85.1 Å². The van der Waals surface area contributed by atoms with Gasteiger partial charge < -0.3 is 20.3 Å². The zero-order valence-electron chi connectivity index (χ0n) is 36.2. The Morgan fingerprint density at radius 2 is 1.00 bits per heavy atom. The number of unbranched alkanes of at least 4 members (excludes halogenated alkanes) is 15. The Hall–Kier alpha value is -2.96. The first-order valence-electron chi connectivity index (χ1n) is 22.8. The van der Waals surface area contributed by atoms with E-state index in [0.717, 1.165) is 57.8 Å².